The Kier molecular flexibility index (Phi) is 12.5. The van der Waals surface area contributed by atoms with Crippen molar-refractivity contribution in [2.24, 2.45) is 16.6 Å². The highest BCUT2D eigenvalue weighted by atomic mass is 35.5. The van der Waals surface area contributed by atoms with Gasteiger partial charge in [0.15, 0.2) is 0 Å². The third-order valence-electron chi connectivity index (χ3n) is 5.12. The Morgan fingerprint density at radius 2 is 1.48 bits per heavy atom. The number of nitrogens with one attached hydrogen (secondary N) is 1. The van der Waals surface area contributed by atoms with E-state index in [1.165, 1.54) is 11.3 Å². The van der Waals surface area contributed by atoms with E-state index in [0.29, 0.717) is 18.3 Å². The van der Waals surface area contributed by atoms with Crippen molar-refractivity contribution in [1.82, 2.24) is 5.32 Å². The first-order valence-electron chi connectivity index (χ1n) is 10.7. The number of hydrogen-bond acceptors (Lipinski definition) is 4. The molecule has 0 fully saturated rings. The van der Waals surface area contributed by atoms with Crippen LogP contribution in [0.3, 0.4) is 0 Å². The highest BCUT2D eigenvalue weighted by Crippen LogP contribution is 2.24. The highest BCUT2D eigenvalue weighted by molar-refractivity contribution is 6.18. The molecule has 1 rings (SSSR count). The number of nitrogens with two attached hydrogens (primary N) is 1. The molecule has 4 nitrogen and oxygen atoms in total. The van der Waals surface area contributed by atoms with Crippen molar-refractivity contribution in [3.63, 3.8) is 0 Å². The molecule has 0 saturated carbocycles. The van der Waals surface area contributed by atoms with Gasteiger partial charge in [0.25, 0.3) is 0 Å². The van der Waals surface area contributed by atoms with E-state index < -0.39 is 0 Å². The van der Waals surface area contributed by atoms with Crippen LogP contribution in [-0.4, -0.2) is 51.2 Å². The molecule has 0 unspecified atom stereocenters. The zero-order valence-electron chi connectivity index (χ0n) is 18.8. The van der Waals surface area contributed by atoms with Gasteiger partial charge >= 0.3 is 0 Å². The summed E-state index contributed by atoms with van der Waals surface area (Å²) >= 11 is 11.8. The summed E-state index contributed by atoms with van der Waals surface area (Å²) in [5, 5.41) is 3.56. The van der Waals surface area contributed by atoms with Crippen LogP contribution in [0.15, 0.2) is 24.3 Å². The third-order valence-corrected chi connectivity index (χ3v) is 5.46. The largest absolute Gasteiger partial charge is 0.380 e. The lowest BCUT2D eigenvalue weighted by atomic mass is 9.89. The number of benzene rings is 1. The van der Waals surface area contributed by atoms with Crippen LogP contribution in [0.5, 0.6) is 0 Å². The van der Waals surface area contributed by atoms with E-state index in [9.17, 15) is 0 Å². The molecule has 0 amide bonds. The van der Waals surface area contributed by atoms with Gasteiger partial charge in [0.1, 0.15) is 0 Å². The van der Waals surface area contributed by atoms with Crippen LogP contribution in [0, 0.1) is 10.8 Å². The van der Waals surface area contributed by atoms with Crippen LogP contribution in [0.4, 0.5) is 5.69 Å². The average molecular weight is 447 g/mol. The van der Waals surface area contributed by atoms with Gasteiger partial charge in [-0.25, -0.2) is 0 Å². The van der Waals surface area contributed by atoms with E-state index >= 15 is 0 Å². The molecule has 0 heterocycles. The molecule has 0 aromatic heterocycles. The number of anilines is 1. The second-order valence-corrected chi connectivity index (χ2v) is 10.1. The maximum absolute atomic E-state index is 6.00. The summed E-state index contributed by atoms with van der Waals surface area (Å²) in [6.07, 6.45) is 2.06. The van der Waals surface area contributed by atoms with Crippen molar-refractivity contribution in [3.05, 3.63) is 29.8 Å². The van der Waals surface area contributed by atoms with Crippen LogP contribution in [-0.2, 0) is 11.3 Å². The normalized spacial score (nSPS) is 12.4. The number of ether oxygens (including phenoxy) is 1. The van der Waals surface area contributed by atoms with E-state index in [4.69, 9.17) is 33.7 Å². The van der Waals surface area contributed by atoms with Crippen molar-refractivity contribution < 1.29 is 4.74 Å². The second-order valence-electron chi connectivity index (χ2n) is 9.32. The van der Waals surface area contributed by atoms with Gasteiger partial charge in [0, 0.05) is 37.1 Å². The molecule has 1 aromatic rings. The first-order valence-corrected chi connectivity index (χ1v) is 11.7. The minimum atomic E-state index is 0.151. The van der Waals surface area contributed by atoms with Crippen LogP contribution >= 0.6 is 23.2 Å². The van der Waals surface area contributed by atoms with Crippen LogP contribution in [0.1, 0.15) is 46.1 Å². The SMILES string of the molecule is CC(C)(CCN)COCC(C)(C)CCNCc1ccc(N(CCCl)CCCl)cc1. The third kappa shape index (κ3) is 11.4. The number of hydrogen-bond donors (Lipinski definition) is 2. The Balaban J connectivity index is 2.34. The highest BCUT2D eigenvalue weighted by Gasteiger charge is 2.21. The van der Waals surface area contributed by atoms with Crippen molar-refractivity contribution >= 4 is 28.9 Å². The quantitative estimate of drug-likeness (QED) is 0.281. The van der Waals surface area contributed by atoms with Gasteiger partial charge in [-0.3, -0.25) is 0 Å². The molecule has 3 N–H and O–H groups in total. The lowest BCUT2D eigenvalue weighted by molar-refractivity contribution is 0.0106. The molecular weight excluding hydrogens is 405 g/mol. The number of alkyl halides is 2. The summed E-state index contributed by atoms with van der Waals surface area (Å²) in [6.45, 7) is 14.7. The summed E-state index contributed by atoms with van der Waals surface area (Å²) in [4.78, 5) is 2.22. The van der Waals surface area contributed by atoms with Gasteiger partial charge in [-0.1, -0.05) is 39.8 Å². The van der Waals surface area contributed by atoms with Crippen molar-refractivity contribution in [2.75, 3.05) is 56.1 Å². The molecule has 0 atom stereocenters. The molecule has 0 bridgehead atoms. The van der Waals surface area contributed by atoms with Crippen LogP contribution in [0.2, 0.25) is 0 Å². The van der Waals surface area contributed by atoms with Crippen molar-refractivity contribution in [3.8, 4) is 0 Å². The molecule has 0 aliphatic carbocycles. The second kappa shape index (κ2) is 13.7. The fraction of sp³-hybridized carbons (Fsp3) is 0.739. The van der Waals surface area contributed by atoms with Crippen molar-refractivity contribution in [2.45, 2.75) is 47.1 Å². The van der Waals surface area contributed by atoms with Crippen molar-refractivity contribution in [1.29, 1.82) is 0 Å². The van der Waals surface area contributed by atoms with Crippen LogP contribution < -0.4 is 16.0 Å². The molecule has 0 aliphatic rings. The number of rotatable bonds is 16. The first-order chi connectivity index (χ1) is 13.7. The average Bonchev–Trinajstić information content (AvgIpc) is 2.65. The number of nitrogens with zero attached hydrogens (tertiary/aromatic N) is 1. The zero-order chi connectivity index (χ0) is 21.8. The Hall–Kier alpha value is -0.520. The monoisotopic (exact) mass is 445 g/mol. The fourth-order valence-electron chi connectivity index (χ4n) is 3.20. The lowest BCUT2D eigenvalue weighted by Gasteiger charge is -2.29. The van der Waals surface area contributed by atoms with Crippen LogP contribution in [0.25, 0.3) is 0 Å². The molecule has 168 valence electrons. The Morgan fingerprint density at radius 3 is 2.00 bits per heavy atom. The summed E-state index contributed by atoms with van der Waals surface area (Å²) in [5.41, 5.74) is 8.43. The van der Waals surface area contributed by atoms with E-state index in [2.05, 4.69) is 62.2 Å². The smallest absolute Gasteiger partial charge is 0.0517 e. The predicted molar refractivity (Wildman–Crippen MR) is 128 cm³/mol. The Bertz CT molecular complexity index is 544. The molecule has 0 spiro atoms. The van der Waals surface area contributed by atoms with Gasteiger partial charge in [-0.2, -0.15) is 0 Å². The van der Waals surface area contributed by atoms with Gasteiger partial charge in [-0.15, -0.1) is 23.2 Å². The van der Waals surface area contributed by atoms with Gasteiger partial charge in [0.05, 0.1) is 13.2 Å². The molecule has 1 aromatic carbocycles. The minimum absolute atomic E-state index is 0.151. The van der Waals surface area contributed by atoms with E-state index in [0.717, 1.165) is 52.2 Å². The topological polar surface area (TPSA) is 50.5 Å². The minimum Gasteiger partial charge on any atom is -0.380 e. The fourth-order valence-corrected chi connectivity index (χ4v) is 3.60. The molecule has 0 radical (unpaired) electrons. The summed E-state index contributed by atoms with van der Waals surface area (Å²) < 4.78 is 6.00. The van der Waals surface area contributed by atoms with Gasteiger partial charge in [0.2, 0.25) is 0 Å². The Morgan fingerprint density at radius 1 is 0.931 bits per heavy atom. The first kappa shape index (κ1) is 26.5. The van der Waals surface area contributed by atoms with E-state index in [1.807, 2.05) is 0 Å². The maximum atomic E-state index is 6.00. The van der Waals surface area contributed by atoms with E-state index in [1.54, 1.807) is 0 Å². The molecular formula is C23H41Cl2N3O. The lowest BCUT2D eigenvalue weighted by Crippen LogP contribution is -2.29. The standard InChI is InChI=1S/C23H41Cl2N3O/c1-22(2,9-13-26)18-29-19-23(3,4)10-14-27-17-20-5-7-21(8-6-20)28(15-11-24)16-12-25/h5-8,27H,9-19,26H2,1-4H3. The summed E-state index contributed by atoms with van der Waals surface area (Å²) in [5.74, 6) is 1.20. The molecule has 0 aliphatic heterocycles. The van der Waals surface area contributed by atoms with E-state index in [-0.39, 0.29) is 10.8 Å². The predicted octanol–water partition coefficient (Wildman–Crippen LogP) is 4.87. The number of halogens is 2. The Labute approximate surface area is 188 Å². The maximum Gasteiger partial charge on any atom is 0.0517 e. The molecule has 0 saturated heterocycles. The zero-order valence-corrected chi connectivity index (χ0v) is 20.3. The molecule has 6 heteroatoms. The summed E-state index contributed by atoms with van der Waals surface area (Å²) in [6, 6.07) is 8.64. The molecule has 29 heavy (non-hydrogen) atoms. The summed E-state index contributed by atoms with van der Waals surface area (Å²) in [7, 11) is 0. The van der Waals surface area contributed by atoms with Gasteiger partial charge in [-0.05, 0) is 54.5 Å². The van der Waals surface area contributed by atoms with Gasteiger partial charge < -0.3 is 20.7 Å².